The summed E-state index contributed by atoms with van der Waals surface area (Å²) in [7, 11) is 0. The minimum atomic E-state index is -0.687. The van der Waals surface area contributed by atoms with Crippen LogP contribution in [0.15, 0.2) is 24.3 Å². The maximum Gasteiger partial charge on any atom is 0.253 e. The van der Waals surface area contributed by atoms with Crippen molar-refractivity contribution in [3.8, 4) is 0 Å². The summed E-state index contributed by atoms with van der Waals surface area (Å²) in [5.41, 5.74) is 0.327. The van der Waals surface area contributed by atoms with Gasteiger partial charge in [-0.2, -0.15) is 0 Å². The minimum Gasteiger partial charge on any atom is -0.392 e. The summed E-state index contributed by atoms with van der Waals surface area (Å²) < 4.78 is 0. The Bertz CT molecular complexity index is 503. The Kier molecular flexibility index (Phi) is 6.65. The summed E-state index contributed by atoms with van der Waals surface area (Å²) in [5, 5.41) is 14.8. The molecule has 3 N–H and O–H groups in total. The van der Waals surface area contributed by atoms with Crippen LogP contribution in [-0.2, 0) is 4.79 Å². The molecule has 0 heterocycles. The molecule has 0 aromatic heterocycles. The number of aliphatic hydroxyl groups excluding tert-OH is 1. The average molecular weight is 313 g/mol. The van der Waals surface area contributed by atoms with Crippen molar-refractivity contribution < 1.29 is 14.7 Å². The fourth-order valence-corrected chi connectivity index (χ4v) is 1.98. The summed E-state index contributed by atoms with van der Waals surface area (Å²) >= 11 is 5.97. The first-order valence-electron chi connectivity index (χ1n) is 6.84. The number of benzene rings is 1. The number of hydrogen-bond donors (Lipinski definition) is 3. The van der Waals surface area contributed by atoms with Crippen molar-refractivity contribution in [3.63, 3.8) is 0 Å². The van der Waals surface area contributed by atoms with Crippen LogP contribution in [0.25, 0.3) is 0 Å². The maximum atomic E-state index is 12.2. The lowest BCUT2D eigenvalue weighted by molar-refractivity contribution is -0.124. The van der Waals surface area contributed by atoms with E-state index in [0.29, 0.717) is 10.6 Å². The van der Waals surface area contributed by atoms with Gasteiger partial charge < -0.3 is 15.7 Å². The molecule has 0 saturated carbocycles. The Labute approximate surface area is 129 Å². The lowest BCUT2D eigenvalue weighted by atomic mass is 10.0. The Hall–Kier alpha value is -1.59. The molecule has 2 atom stereocenters. The van der Waals surface area contributed by atoms with E-state index in [0.717, 1.165) is 0 Å². The number of aliphatic hydroxyl groups is 1. The minimum absolute atomic E-state index is 0.0922. The molecule has 1 rings (SSSR count). The summed E-state index contributed by atoms with van der Waals surface area (Å²) in [6.45, 7) is 5.38. The molecule has 1 aromatic rings. The molecule has 0 aliphatic heterocycles. The average Bonchev–Trinajstić information content (AvgIpc) is 2.42. The second-order valence-corrected chi connectivity index (χ2v) is 5.68. The van der Waals surface area contributed by atoms with Crippen molar-refractivity contribution in [1.29, 1.82) is 0 Å². The van der Waals surface area contributed by atoms with Crippen LogP contribution in [0.2, 0.25) is 5.02 Å². The van der Waals surface area contributed by atoms with Gasteiger partial charge in [-0.1, -0.05) is 37.6 Å². The lowest BCUT2D eigenvalue weighted by Crippen LogP contribution is -2.50. The number of carbonyl (C=O) groups excluding carboxylic acids is 2. The van der Waals surface area contributed by atoms with Crippen molar-refractivity contribution in [2.24, 2.45) is 5.92 Å². The molecule has 0 bridgehead atoms. The van der Waals surface area contributed by atoms with Crippen LogP contribution in [-0.4, -0.2) is 35.6 Å². The number of hydrogen-bond acceptors (Lipinski definition) is 3. The van der Waals surface area contributed by atoms with Gasteiger partial charge >= 0.3 is 0 Å². The van der Waals surface area contributed by atoms with Crippen molar-refractivity contribution in [3.05, 3.63) is 34.9 Å². The monoisotopic (exact) mass is 312 g/mol. The number of nitrogens with one attached hydrogen (secondary N) is 2. The largest absolute Gasteiger partial charge is 0.392 e. The molecule has 21 heavy (non-hydrogen) atoms. The summed E-state index contributed by atoms with van der Waals surface area (Å²) in [6, 6.07) is 5.97. The molecule has 6 heteroatoms. The molecule has 0 fully saturated rings. The molecule has 0 aliphatic rings. The topological polar surface area (TPSA) is 78.4 Å². The van der Waals surface area contributed by atoms with Crippen molar-refractivity contribution >= 4 is 23.4 Å². The molecule has 116 valence electrons. The van der Waals surface area contributed by atoms with Crippen LogP contribution in [0.1, 0.15) is 31.1 Å². The molecule has 0 aliphatic carbocycles. The van der Waals surface area contributed by atoms with Crippen LogP contribution in [0, 0.1) is 5.92 Å². The molecule has 2 unspecified atom stereocenters. The van der Waals surface area contributed by atoms with Gasteiger partial charge in [0, 0.05) is 6.54 Å². The summed E-state index contributed by atoms with van der Waals surface area (Å²) in [6.07, 6.45) is -0.638. The highest BCUT2D eigenvalue weighted by Gasteiger charge is 2.25. The predicted molar refractivity (Wildman–Crippen MR) is 82.2 cm³/mol. The van der Waals surface area contributed by atoms with E-state index in [9.17, 15) is 14.7 Å². The van der Waals surface area contributed by atoms with Gasteiger partial charge in [0.1, 0.15) is 6.04 Å². The molecule has 0 spiro atoms. The zero-order valence-corrected chi connectivity index (χ0v) is 13.1. The summed E-state index contributed by atoms with van der Waals surface area (Å²) in [4.78, 5) is 24.3. The molecule has 0 saturated heterocycles. The molecule has 1 aromatic carbocycles. The first kappa shape index (κ1) is 17.5. The quantitative estimate of drug-likeness (QED) is 0.746. The third-order valence-electron chi connectivity index (χ3n) is 2.93. The standard InChI is InChI=1S/C15H21ClN2O3/c1-9(2)13(15(21)17-8-10(3)19)18-14(20)11-6-4-5-7-12(11)16/h4-7,9-10,13,19H,8H2,1-3H3,(H,17,21)(H,18,20). The molecular formula is C15H21ClN2O3. The fourth-order valence-electron chi connectivity index (χ4n) is 1.76. The Morgan fingerprint density at radius 3 is 2.38 bits per heavy atom. The van der Waals surface area contributed by atoms with Crippen molar-refractivity contribution in [2.75, 3.05) is 6.54 Å². The van der Waals surface area contributed by atoms with Gasteiger partial charge in [0.25, 0.3) is 5.91 Å². The van der Waals surface area contributed by atoms with E-state index in [1.807, 2.05) is 13.8 Å². The van der Waals surface area contributed by atoms with Gasteiger partial charge in [-0.3, -0.25) is 9.59 Å². The fraction of sp³-hybridized carbons (Fsp3) is 0.467. The Balaban J connectivity index is 2.77. The van der Waals surface area contributed by atoms with Gasteiger partial charge in [0.05, 0.1) is 16.7 Å². The Morgan fingerprint density at radius 1 is 1.24 bits per heavy atom. The van der Waals surface area contributed by atoms with Crippen LogP contribution in [0.5, 0.6) is 0 Å². The molecule has 5 nitrogen and oxygen atoms in total. The second kappa shape index (κ2) is 8.00. The third-order valence-corrected chi connectivity index (χ3v) is 3.26. The number of halogens is 1. The van der Waals surface area contributed by atoms with E-state index in [2.05, 4.69) is 10.6 Å². The highest BCUT2D eigenvalue weighted by Crippen LogP contribution is 2.15. The number of amides is 2. The second-order valence-electron chi connectivity index (χ2n) is 5.27. The smallest absolute Gasteiger partial charge is 0.253 e. The van der Waals surface area contributed by atoms with Crippen molar-refractivity contribution in [2.45, 2.75) is 32.9 Å². The van der Waals surface area contributed by atoms with Crippen LogP contribution in [0.3, 0.4) is 0 Å². The zero-order chi connectivity index (χ0) is 16.0. The summed E-state index contributed by atoms with van der Waals surface area (Å²) in [5.74, 6) is -0.816. The lowest BCUT2D eigenvalue weighted by Gasteiger charge is -2.22. The molecule has 2 amide bonds. The maximum absolute atomic E-state index is 12.2. The van der Waals surface area contributed by atoms with E-state index in [4.69, 9.17) is 11.6 Å². The Morgan fingerprint density at radius 2 is 1.86 bits per heavy atom. The van der Waals surface area contributed by atoms with Gasteiger partial charge in [0.2, 0.25) is 5.91 Å². The molecule has 0 radical (unpaired) electrons. The van der Waals surface area contributed by atoms with E-state index >= 15 is 0 Å². The third kappa shape index (κ3) is 5.36. The van der Waals surface area contributed by atoms with Gasteiger partial charge in [0.15, 0.2) is 0 Å². The van der Waals surface area contributed by atoms with Gasteiger partial charge in [-0.15, -0.1) is 0 Å². The van der Waals surface area contributed by atoms with Crippen LogP contribution in [0.4, 0.5) is 0 Å². The predicted octanol–water partition coefficient (Wildman–Crippen LogP) is 1.59. The van der Waals surface area contributed by atoms with E-state index in [1.54, 1.807) is 31.2 Å². The molecular weight excluding hydrogens is 292 g/mol. The highest BCUT2D eigenvalue weighted by atomic mass is 35.5. The van der Waals surface area contributed by atoms with Gasteiger partial charge in [-0.05, 0) is 25.0 Å². The van der Waals surface area contributed by atoms with E-state index < -0.39 is 18.1 Å². The van der Waals surface area contributed by atoms with Crippen LogP contribution >= 0.6 is 11.6 Å². The SMILES string of the molecule is CC(O)CNC(=O)C(NC(=O)c1ccccc1Cl)C(C)C. The first-order chi connectivity index (χ1) is 9.82. The van der Waals surface area contributed by atoms with Crippen LogP contribution < -0.4 is 10.6 Å². The number of rotatable bonds is 6. The zero-order valence-electron chi connectivity index (χ0n) is 12.4. The highest BCUT2D eigenvalue weighted by molar-refractivity contribution is 6.33. The van der Waals surface area contributed by atoms with Crippen molar-refractivity contribution in [1.82, 2.24) is 10.6 Å². The normalized spacial score (nSPS) is 13.6. The first-order valence-corrected chi connectivity index (χ1v) is 7.22. The van der Waals surface area contributed by atoms with E-state index in [1.165, 1.54) is 0 Å². The number of carbonyl (C=O) groups is 2. The van der Waals surface area contributed by atoms with Gasteiger partial charge in [-0.25, -0.2) is 0 Å². The van der Waals surface area contributed by atoms with E-state index in [-0.39, 0.29) is 18.4 Å².